The first-order valence-corrected chi connectivity index (χ1v) is 9.66. The van der Waals surface area contributed by atoms with Crippen LogP contribution < -0.4 is 5.73 Å². The van der Waals surface area contributed by atoms with Gasteiger partial charge in [-0.05, 0) is 24.5 Å². The van der Waals surface area contributed by atoms with E-state index >= 15 is 0 Å². The van der Waals surface area contributed by atoms with Gasteiger partial charge >= 0.3 is 0 Å². The van der Waals surface area contributed by atoms with Crippen molar-refractivity contribution >= 4 is 22.7 Å². The number of nitrogens with two attached hydrogens (primary N) is 1. The summed E-state index contributed by atoms with van der Waals surface area (Å²) in [6, 6.07) is 3.56. The van der Waals surface area contributed by atoms with Gasteiger partial charge in [0.25, 0.3) is 0 Å². The van der Waals surface area contributed by atoms with E-state index in [0.29, 0.717) is 51.5 Å². The Balaban J connectivity index is 1.48. The molecule has 146 valence electrons. The van der Waals surface area contributed by atoms with Gasteiger partial charge in [-0.15, -0.1) is 0 Å². The second-order valence-electron chi connectivity index (χ2n) is 7.64. The standard InChI is InChI=1S/C20H29N5O2/c1-15(2)13-17(21)20(27)25-11-9-24(10-12-25)19(26)5-8-23-7-4-16-3-6-22-14-18(16)23/h3-4,6-7,14-15,17H,5,8-13,21H2,1-2H3/t17-/m0/s1. The fourth-order valence-corrected chi connectivity index (χ4v) is 3.62. The van der Waals surface area contributed by atoms with E-state index in [1.807, 2.05) is 29.4 Å². The van der Waals surface area contributed by atoms with Gasteiger partial charge in [-0.2, -0.15) is 0 Å². The molecule has 3 heterocycles. The third-order valence-electron chi connectivity index (χ3n) is 5.13. The number of carbonyl (C=O) groups excluding carboxylic acids is 2. The average Bonchev–Trinajstić information content (AvgIpc) is 3.08. The first kappa shape index (κ1) is 19.4. The van der Waals surface area contributed by atoms with Crippen molar-refractivity contribution < 1.29 is 9.59 Å². The molecular formula is C20H29N5O2. The predicted molar refractivity (Wildman–Crippen MR) is 105 cm³/mol. The van der Waals surface area contributed by atoms with Gasteiger partial charge in [0.15, 0.2) is 0 Å². The van der Waals surface area contributed by atoms with Crippen LogP contribution in [0, 0.1) is 5.92 Å². The minimum atomic E-state index is -0.442. The van der Waals surface area contributed by atoms with Crippen LogP contribution in [0.25, 0.3) is 10.9 Å². The van der Waals surface area contributed by atoms with E-state index in [2.05, 4.69) is 23.4 Å². The molecule has 2 aromatic heterocycles. The van der Waals surface area contributed by atoms with Crippen molar-refractivity contribution in [3.05, 3.63) is 30.7 Å². The lowest BCUT2D eigenvalue weighted by molar-refractivity contribution is -0.140. The summed E-state index contributed by atoms with van der Waals surface area (Å²) in [6.07, 6.45) is 6.72. The topological polar surface area (TPSA) is 84.5 Å². The summed E-state index contributed by atoms with van der Waals surface area (Å²) in [6.45, 7) is 7.04. The van der Waals surface area contributed by atoms with Crippen LogP contribution in [0.3, 0.4) is 0 Å². The summed E-state index contributed by atoms with van der Waals surface area (Å²) in [5, 5.41) is 1.13. The number of amides is 2. The summed E-state index contributed by atoms with van der Waals surface area (Å²) in [7, 11) is 0. The summed E-state index contributed by atoms with van der Waals surface area (Å²) < 4.78 is 2.06. The molecule has 1 aliphatic rings. The molecule has 0 saturated carbocycles. The van der Waals surface area contributed by atoms with Crippen LogP contribution in [0.4, 0.5) is 0 Å². The Hall–Kier alpha value is -2.41. The molecule has 1 aliphatic heterocycles. The molecule has 7 heteroatoms. The van der Waals surface area contributed by atoms with Gasteiger partial charge in [-0.25, -0.2) is 0 Å². The number of pyridine rings is 1. The van der Waals surface area contributed by atoms with E-state index in [0.717, 1.165) is 10.9 Å². The average molecular weight is 371 g/mol. The maximum absolute atomic E-state index is 12.6. The van der Waals surface area contributed by atoms with Crippen molar-refractivity contribution in [3.63, 3.8) is 0 Å². The Morgan fingerprint density at radius 3 is 2.56 bits per heavy atom. The van der Waals surface area contributed by atoms with Crippen molar-refractivity contribution in [2.75, 3.05) is 26.2 Å². The molecule has 0 aromatic carbocycles. The van der Waals surface area contributed by atoms with E-state index < -0.39 is 6.04 Å². The van der Waals surface area contributed by atoms with Gasteiger partial charge in [-0.1, -0.05) is 13.8 Å². The van der Waals surface area contributed by atoms with Gasteiger partial charge in [0, 0.05) is 56.9 Å². The van der Waals surface area contributed by atoms with Crippen LogP contribution in [0.15, 0.2) is 30.7 Å². The maximum Gasteiger partial charge on any atom is 0.239 e. The molecule has 2 amide bonds. The van der Waals surface area contributed by atoms with Crippen LogP contribution in [0.1, 0.15) is 26.7 Å². The van der Waals surface area contributed by atoms with E-state index in [4.69, 9.17) is 5.73 Å². The fourth-order valence-electron chi connectivity index (χ4n) is 3.62. The van der Waals surface area contributed by atoms with E-state index in [9.17, 15) is 9.59 Å². The van der Waals surface area contributed by atoms with E-state index in [1.54, 1.807) is 11.1 Å². The minimum Gasteiger partial charge on any atom is -0.346 e. The Morgan fingerprint density at radius 2 is 1.85 bits per heavy atom. The lowest BCUT2D eigenvalue weighted by Gasteiger charge is -2.36. The van der Waals surface area contributed by atoms with E-state index in [1.165, 1.54) is 0 Å². The fraction of sp³-hybridized carbons (Fsp3) is 0.550. The molecule has 7 nitrogen and oxygen atoms in total. The van der Waals surface area contributed by atoms with Gasteiger partial charge in [0.2, 0.25) is 11.8 Å². The molecule has 3 rings (SSSR count). The molecule has 0 bridgehead atoms. The SMILES string of the molecule is CC(C)C[C@H](N)C(=O)N1CCN(C(=O)CCn2ccc3ccncc32)CC1. The van der Waals surface area contributed by atoms with Crippen molar-refractivity contribution in [2.24, 2.45) is 11.7 Å². The molecule has 1 atom stereocenters. The second-order valence-corrected chi connectivity index (χ2v) is 7.64. The lowest BCUT2D eigenvalue weighted by atomic mass is 10.0. The molecule has 0 unspecified atom stereocenters. The highest BCUT2D eigenvalue weighted by Crippen LogP contribution is 2.15. The zero-order valence-corrected chi connectivity index (χ0v) is 16.2. The van der Waals surface area contributed by atoms with Crippen LogP contribution in [-0.2, 0) is 16.1 Å². The van der Waals surface area contributed by atoms with Gasteiger partial charge in [-0.3, -0.25) is 14.6 Å². The number of fused-ring (bicyclic) bond motifs is 1. The third kappa shape index (κ3) is 4.66. The molecule has 0 radical (unpaired) electrons. The van der Waals surface area contributed by atoms with Crippen molar-refractivity contribution in [3.8, 4) is 0 Å². The largest absolute Gasteiger partial charge is 0.346 e. The monoisotopic (exact) mass is 371 g/mol. The number of rotatable bonds is 6. The molecule has 1 fully saturated rings. The lowest BCUT2D eigenvalue weighted by Crippen LogP contribution is -2.54. The smallest absolute Gasteiger partial charge is 0.239 e. The molecule has 2 aromatic rings. The van der Waals surface area contributed by atoms with Gasteiger partial charge in [0.1, 0.15) is 0 Å². The molecule has 27 heavy (non-hydrogen) atoms. The number of hydrogen-bond donors (Lipinski definition) is 1. The minimum absolute atomic E-state index is 0.00195. The summed E-state index contributed by atoms with van der Waals surface area (Å²) in [5.74, 6) is 0.521. The highest BCUT2D eigenvalue weighted by molar-refractivity contribution is 5.82. The number of piperazine rings is 1. The number of aromatic nitrogens is 2. The van der Waals surface area contributed by atoms with Gasteiger partial charge in [0.05, 0.1) is 17.8 Å². The zero-order valence-electron chi connectivity index (χ0n) is 16.2. The Morgan fingerprint density at radius 1 is 1.15 bits per heavy atom. The third-order valence-corrected chi connectivity index (χ3v) is 5.13. The van der Waals surface area contributed by atoms with Gasteiger partial charge < -0.3 is 20.1 Å². The van der Waals surface area contributed by atoms with Crippen LogP contribution in [-0.4, -0.2) is 63.4 Å². The predicted octanol–water partition coefficient (Wildman–Crippen LogP) is 1.47. The van der Waals surface area contributed by atoms with Crippen LogP contribution >= 0.6 is 0 Å². The molecule has 0 aliphatic carbocycles. The highest BCUT2D eigenvalue weighted by Gasteiger charge is 2.27. The van der Waals surface area contributed by atoms with Crippen molar-refractivity contribution in [1.29, 1.82) is 0 Å². The number of nitrogens with zero attached hydrogens (tertiary/aromatic N) is 4. The Bertz CT molecular complexity index is 793. The highest BCUT2D eigenvalue weighted by atomic mass is 16.2. The normalized spacial score (nSPS) is 16.1. The van der Waals surface area contributed by atoms with Crippen molar-refractivity contribution in [1.82, 2.24) is 19.4 Å². The first-order valence-electron chi connectivity index (χ1n) is 9.66. The van der Waals surface area contributed by atoms with Crippen LogP contribution in [0.5, 0.6) is 0 Å². The summed E-state index contributed by atoms with van der Waals surface area (Å²) in [5.41, 5.74) is 7.05. The first-order chi connectivity index (χ1) is 13.0. The number of hydrogen-bond acceptors (Lipinski definition) is 4. The molecule has 1 saturated heterocycles. The molecular weight excluding hydrogens is 342 g/mol. The quantitative estimate of drug-likeness (QED) is 0.833. The number of carbonyl (C=O) groups is 2. The summed E-state index contributed by atoms with van der Waals surface area (Å²) >= 11 is 0. The van der Waals surface area contributed by atoms with E-state index in [-0.39, 0.29) is 11.8 Å². The number of aryl methyl sites for hydroxylation is 1. The Kier molecular flexibility index (Phi) is 6.11. The molecule has 0 spiro atoms. The second kappa shape index (κ2) is 8.52. The van der Waals surface area contributed by atoms with Crippen LogP contribution in [0.2, 0.25) is 0 Å². The van der Waals surface area contributed by atoms with Crippen molar-refractivity contribution in [2.45, 2.75) is 39.3 Å². The summed E-state index contributed by atoms with van der Waals surface area (Å²) in [4.78, 5) is 32.8. The molecule has 2 N–H and O–H groups in total. The Labute approximate surface area is 160 Å². The maximum atomic E-state index is 12.6. The zero-order chi connectivity index (χ0) is 19.4.